The van der Waals surface area contributed by atoms with Crippen molar-refractivity contribution in [2.24, 2.45) is 35.5 Å². The maximum absolute atomic E-state index is 14.6. The van der Waals surface area contributed by atoms with E-state index >= 15 is 0 Å². The molecule has 0 bridgehead atoms. The first kappa shape index (κ1) is 25.6. The van der Waals surface area contributed by atoms with E-state index in [4.69, 9.17) is 9.05 Å². The second kappa shape index (κ2) is 10.9. The summed E-state index contributed by atoms with van der Waals surface area (Å²) in [6, 6.07) is 0. The van der Waals surface area contributed by atoms with Crippen LogP contribution in [-0.4, -0.2) is 27.8 Å². The maximum atomic E-state index is 14.6. The third-order valence-electron chi connectivity index (χ3n) is 7.77. The van der Waals surface area contributed by atoms with Gasteiger partial charge in [0.05, 0.1) is 12.2 Å². The van der Waals surface area contributed by atoms with Crippen LogP contribution in [-0.2, 0) is 13.6 Å². The molecule has 3 fully saturated rings. The fourth-order valence-electron chi connectivity index (χ4n) is 5.80. The first-order valence-electron chi connectivity index (χ1n) is 12.3. The Bertz CT molecular complexity index is 563. The minimum Gasteiger partial charge on any atom is -0.304 e. The molecule has 6 heteroatoms. The molecule has 1 aliphatic heterocycles. The molecule has 3 aliphatic rings. The van der Waals surface area contributed by atoms with E-state index in [2.05, 4.69) is 57.5 Å². The van der Waals surface area contributed by atoms with E-state index in [1.807, 2.05) is 0 Å². The smallest absolute Gasteiger partial charge is 0.304 e. The summed E-state index contributed by atoms with van der Waals surface area (Å²) in [4.78, 5) is 0.377. The van der Waals surface area contributed by atoms with Crippen LogP contribution in [0.3, 0.4) is 0 Å². The number of hydrogen-bond acceptors (Lipinski definition) is 4. The van der Waals surface area contributed by atoms with Crippen LogP contribution in [0, 0.1) is 35.5 Å². The average molecular weight is 524 g/mol. The molecule has 2 aliphatic carbocycles. The van der Waals surface area contributed by atoms with Crippen molar-refractivity contribution in [3.8, 4) is 0 Å². The standard InChI is InChI=1S/C24H44BrO3PS/c1-15(2)20-9-7-17(5)11-22(20)27-29(26,24-13-19(25)14-30-24)28-23-12-18(6)8-10-21(23)16(3)4/h15-24H,7-14H2,1-6H3/t17-,18-,19?,20+,21+,22-,23-,24?/m1/s1. The van der Waals surface area contributed by atoms with E-state index < -0.39 is 7.60 Å². The highest BCUT2D eigenvalue weighted by molar-refractivity contribution is 9.09. The largest absolute Gasteiger partial charge is 0.344 e. The van der Waals surface area contributed by atoms with Gasteiger partial charge < -0.3 is 9.05 Å². The lowest BCUT2D eigenvalue weighted by Crippen LogP contribution is -2.37. The molecule has 0 spiro atoms. The van der Waals surface area contributed by atoms with Gasteiger partial charge in [-0.3, -0.25) is 4.57 Å². The Morgan fingerprint density at radius 3 is 1.67 bits per heavy atom. The fourth-order valence-corrected chi connectivity index (χ4v) is 11.5. The van der Waals surface area contributed by atoms with Crippen molar-refractivity contribution < 1.29 is 13.6 Å². The van der Waals surface area contributed by atoms with Crippen molar-refractivity contribution >= 4 is 35.3 Å². The molecule has 0 aromatic carbocycles. The van der Waals surface area contributed by atoms with Crippen LogP contribution in [0.2, 0.25) is 0 Å². The Labute approximate surface area is 198 Å². The van der Waals surface area contributed by atoms with Crippen molar-refractivity contribution in [1.29, 1.82) is 0 Å². The third-order valence-corrected chi connectivity index (χ3v) is 13.3. The zero-order chi connectivity index (χ0) is 22.1. The lowest BCUT2D eigenvalue weighted by molar-refractivity contribution is -0.00411. The number of rotatable bonds is 7. The van der Waals surface area contributed by atoms with Crippen LogP contribution in [0.4, 0.5) is 0 Å². The van der Waals surface area contributed by atoms with Crippen LogP contribution in [0.5, 0.6) is 0 Å². The molecule has 0 aromatic rings. The van der Waals surface area contributed by atoms with Crippen molar-refractivity contribution in [3.63, 3.8) is 0 Å². The van der Waals surface area contributed by atoms with E-state index in [1.165, 1.54) is 25.7 Å². The molecule has 0 N–H and O–H groups in total. The van der Waals surface area contributed by atoms with Crippen molar-refractivity contribution in [1.82, 2.24) is 0 Å². The van der Waals surface area contributed by atoms with Gasteiger partial charge in [-0.25, -0.2) is 0 Å². The lowest BCUT2D eigenvalue weighted by Gasteiger charge is -2.42. The molecular formula is C24H44BrO3PS. The summed E-state index contributed by atoms with van der Waals surface area (Å²) >= 11 is 5.55. The highest BCUT2D eigenvalue weighted by Gasteiger charge is 2.48. The van der Waals surface area contributed by atoms with Crippen LogP contribution in [0.25, 0.3) is 0 Å². The molecule has 0 amide bonds. The lowest BCUT2D eigenvalue weighted by atomic mass is 9.75. The van der Waals surface area contributed by atoms with Gasteiger partial charge in [0.15, 0.2) is 0 Å². The molecule has 176 valence electrons. The van der Waals surface area contributed by atoms with E-state index in [9.17, 15) is 4.57 Å². The van der Waals surface area contributed by atoms with E-state index in [0.717, 1.165) is 25.0 Å². The first-order chi connectivity index (χ1) is 14.1. The Balaban J connectivity index is 1.84. The summed E-state index contributed by atoms with van der Waals surface area (Å²) in [5.74, 6) is 4.33. The number of alkyl halides is 1. The van der Waals surface area contributed by atoms with Gasteiger partial charge in [0, 0.05) is 10.6 Å². The quantitative estimate of drug-likeness (QED) is 0.248. The van der Waals surface area contributed by atoms with Gasteiger partial charge in [0.1, 0.15) is 4.99 Å². The van der Waals surface area contributed by atoms with Gasteiger partial charge in [-0.2, -0.15) is 0 Å². The molecule has 1 saturated heterocycles. The van der Waals surface area contributed by atoms with Crippen LogP contribution >= 0.6 is 35.3 Å². The second-order valence-electron chi connectivity index (χ2n) is 11.1. The molecule has 3 nitrogen and oxygen atoms in total. The van der Waals surface area contributed by atoms with E-state index in [0.29, 0.717) is 40.3 Å². The monoisotopic (exact) mass is 522 g/mol. The van der Waals surface area contributed by atoms with Gasteiger partial charge in [0.2, 0.25) is 0 Å². The highest BCUT2D eigenvalue weighted by atomic mass is 79.9. The predicted octanol–water partition coefficient (Wildman–Crippen LogP) is 8.36. The summed E-state index contributed by atoms with van der Waals surface area (Å²) in [6.07, 6.45) is 7.90. The van der Waals surface area contributed by atoms with Crippen LogP contribution in [0.15, 0.2) is 0 Å². The second-order valence-corrected chi connectivity index (χ2v) is 16.1. The third kappa shape index (κ3) is 6.31. The maximum Gasteiger partial charge on any atom is 0.344 e. The molecule has 2 unspecified atom stereocenters. The Morgan fingerprint density at radius 2 is 1.30 bits per heavy atom. The highest BCUT2D eigenvalue weighted by Crippen LogP contribution is 2.65. The zero-order valence-electron chi connectivity index (χ0n) is 19.9. The molecule has 30 heavy (non-hydrogen) atoms. The summed E-state index contributed by atoms with van der Waals surface area (Å²) in [5, 5.41) is 0. The number of halogens is 1. The average Bonchev–Trinajstić information content (AvgIpc) is 3.08. The summed E-state index contributed by atoms with van der Waals surface area (Å²) < 4.78 is 28.0. The zero-order valence-corrected chi connectivity index (χ0v) is 23.2. The Kier molecular flexibility index (Phi) is 9.33. The van der Waals surface area contributed by atoms with Gasteiger partial charge >= 0.3 is 7.60 Å². The molecular weight excluding hydrogens is 479 g/mol. The molecule has 3 rings (SSSR count). The van der Waals surface area contributed by atoms with Crippen LogP contribution in [0.1, 0.15) is 86.5 Å². The van der Waals surface area contributed by atoms with Gasteiger partial charge in [-0.1, -0.05) is 70.3 Å². The van der Waals surface area contributed by atoms with E-state index in [1.54, 1.807) is 11.8 Å². The molecule has 0 radical (unpaired) electrons. The van der Waals surface area contributed by atoms with Crippen molar-refractivity contribution in [3.05, 3.63) is 0 Å². The summed E-state index contributed by atoms with van der Waals surface area (Å²) in [5.41, 5.74) is 0. The van der Waals surface area contributed by atoms with E-state index in [-0.39, 0.29) is 17.2 Å². The SMILES string of the molecule is CC(C)[C@@H]1CC[C@@H](C)C[C@H]1OP(=O)(O[C@@H]1C[C@H](C)CC[C@H]1C(C)C)C1CC(Br)CS1. The minimum absolute atomic E-state index is 0.0306. The number of thioether (sulfide) groups is 1. The normalized spacial score (nSPS) is 41.0. The van der Waals surface area contributed by atoms with Gasteiger partial charge in [0.25, 0.3) is 0 Å². The summed E-state index contributed by atoms with van der Waals surface area (Å²) in [6.45, 7) is 13.8. The fraction of sp³-hybridized carbons (Fsp3) is 1.00. The van der Waals surface area contributed by atoms with Crippen molar-refractivity contribution in [2.45, 2.75) is 109 Å². The van der Waals surface area contributed by atoms with Gasteiger partial charge in [-0.05, 0) is 67.6 Å². The van der Waals surface area contributed by atoms with Crippen LogP contribution < -0.4 is 0 Å². The molecule has 1 heterocycles. The number of hydrogen-bond donors (Lipinski definition) is 0. The summed E-state index contributed by atoms with van der Waals surface area (Å²) in [7, 11) is -3.22. The minimum atomic E-state index is -3.22. The topological polar surface area (TPSA) is 35.5 Å². The predicted molar refractivity (Wildman–Crippen MR) is 134 cm³/mol. The Morgan fingerprint density at radius 1 is 0.833 bits per heavy atom. The molecule has 2 saturated carbocycles. The Hall–Kier alpha value is 0.980. The van der Waals surface area contributed by atoms with Gasteiger partial charge in [-0.15, -0.1) is 11.8 Å². The molecule has 8 atom stereocenters. The molecule has 0 aromatic heterocycles. The van der Waals surface area contributed by atoms with Crippen molar-refractivity contribution in [2.75, 3.05) is 5.75 Å². The first-order valence-corrected chi connectivity index (χ1v) is 15.9.